The van der Waals surface area contributed by atoms with Crippen molar-refractivity contribution in [2.24, 2.45) is 4.99 Å². The molecule has 0 amide bonds. The summed E-state index contributed by atoms with van der Waals surface area (Å²) in [4.78, 5) is 6.56. The number of dihydropyridines is 1. The summed E-state index contributed by atoms with van der Waals surface area (Å²) in [6, 6.07) is 0.188. The lowest BCUT2D eigenvalue weighted by atomic mass is 10.0. The molecule has 0 saturated carbocycles. The van der Waals surface area contributed by atoms with Crippen LogP contribution in [0.25, 0.3) is 0 Å². The number of hydrogen-bond acceptors (Lipinski definition) is 4. The third-order valence-corrected chi connectivity index (χ3v) is 3.58. The summed E-state index contributed by atoms with van der Waals surface area (Å²) in [5, 5.41) is 3.19. The van der Waals surface area contributed by atoms with Crippen LogP contribution >= 0.6 is 24.8 Å². The molecule has 2 atom stereocenters. The van der Waals surface area contributed by atoms with Crippen molar-refractivity contribution in [3.05, 3.63) is 23.4 Å². The number of nitrogens with zero attached hydrogens (tertiary/aromatic N) is 2. The van der Waals surface area contributed by atoms with Gasteiger partial charge in [-0.15, -0.1) is 24.8 Å². The van der Waals surface area contributed by atoms with Gasteiger partial charge >= 0.3 is 0 Å². The molecule has 3 aliphatic heterocycles. The Hall–Kier alpha value is -0.620. The molecule has 0 aromatic heterocycles. The van der Waals surface area contributed by atoms with Crippen LogP contribution in [0.15, 0.2) is 28.4 Å². The van der Waals surface area contributed by atoms with Crippen molar-refractivity contribution < 1.29 is 9.13 Å². The Morgan fingerprint density at radius 2 is 2.25 bits per heavy atom. The maximum Gasteiger partial charge on any atom is 0.176 e. The molecule has 114 valence electrons. The summed E-state index contributed by atoms with van der Waals surface area (Å²) in [6.45, 7) is 5.57. The van der Waals surface area contributed by atoms with Crippen molar-refractivity contribution >= 4 is 30.6 Å². The third kappa shape index (κ3) is 3.34. The molecular weight excluding hydrogens is 304 g/mol. The van der Waals surface area contributed by atoms with Gasteiger partial charge in [0.25, 0.3) is 0 Å². The van der Waals surface area contributed by atoms with E-state index in [0.29, 0.717) is 25.6 Å². The molecule has 0 aromatic rings. The molecule has 1 saturated heterocycles. The van der Waals surface area contributed by atoms with Crippen LogP contribution < -0.4 is 5.32 Å². The average molecular weight is 324 g/mol. The number of nitrogens with one attached hydrogen (secondary N) is 1. The molecule has 3 aliphatic rings. The normalized spacial score (nSPS) is 29.1. The van der Waals surface area contributed by atoms with E-state index in [2.05, 4.69) is 10.3 Å². The van der Waals surface area contributed by atoms with Crippen LogP contribution in [0.5, 0.6) is 0 Å². The van der Waals surface area contributed by atoms with Crippen LogP contribution in [0, 0.1) is 0 Å². The maximum atomic E-state index is 14.2. The predicted octanol–water partition coefficient (Wildman–Crippen LogP) is 1.71. The number of fused-ring (bicyclic) bond motifs is 1. The Morgan fingerprint density at radius 1 is 1.45 bits per heavy atom. The number of ether oxygens (including phenoxy) is 1. The van der Waals surface area contributed by atoms with Crippen molar-refractivity contribution in [2.75, 3.05) is 32.8 Å². The number of amidine groups is 1. The van der Waals surface area contributed by atoms with Gasteiger partial charge in [-0.25, -0.2) is 9.38 Å². The smallest absolute Gasteiger partial charge is 0.176 e. The van der Waals surface area contributed by atoms with Gasteiger partial charge in [-0.05, 0) is 24.6 Å². The number of rotatable bonds is 0. The average Bonchev–Trinajstić information content (AvgIpc) is 2.39. The van der Waals surface area contributed by atoms with Crippen LogP contribution in [-0.2, 0) is 4.74 Å². The number of morpholine rings is 1. The monoisotopic (exact) mass is 323 g/mol. The van der Waals surface area contributed by atoms with Crippen LogP contribution in [0.1, 0.15) is 6.92 Å². The summed E-state index contributed by atoms with van der Waals surface area (Å²) in [5.74, 6) is 0.544. The highest BCUT2D eigenvalue weighted by atomic mass is 35.5. The fourth-order valence-electron chi connectivity index (χ4n) is 2.59. The van der Waals surface area contributed by atoms with E-state index in [1.54, 1.807) is 6.08 Å². The second kappa shape index (κ2) is 7.41. The molecule has 0 bridgehead atoms. The zero-order chi connectivity index (χ0) is 12.5. The highest BCUT2D eigenvalue weighted by molar-refractivity contribution is 5.91. The van der Waals surface area contributed by atoms with Crippen LogP contribution in [0.2, 0.25) is 0 Å². The van der Waals surface area contributed by atoms with Crippen LogP contribution in [0.4, 0.5) is 4.39 Å². The summed E-state index contributed by atoms with van der Waals surface area (Å²) in [5.41, 5.74) is 1.90. The Balaban J connectivity index is 0.000001000. The molecule has 3 rings (SSSR count). The van der Waals surface area contributed by atoms with Crippen LogP contribution in [0.3, 0.4) is 0 Å². The molecule has 20 heavy (non-hydrogen) atoms. The Bertz CT molecular complexity index is 439. The Labute approximate surface area is 131 Å². The van der Waals surface area contributed by atoms with Gasteiger partial charge < -0.3 is 15.0 Å². The maximum absolute atomic E-state index is 14.2. The summed E-state index contributed by atoms with van der Waals surface area (Å²) >= 11 is 0. The fourth-order valence-corrected chi connectivity index (χ4v) is 2.59. The lowest BCUT2D eigenvalue weighted by Crippen LogP contribution is -2.50. The van der Waals surface area contributed by atoms with E-state index in [0.717, 1.165) is 24.4 Å². The van der Waals surface area contributed by atoms with E-state index in [1.807, 2.05) is 17.9 Å². The molecule has 1 fully saturated rings. The largest absolute Gasteiger partial charge is 0.377 e. The highest BCUT2D eigenvalue weighted by Gasteiger charge is 2.30. The van der Waals surface area contributed by atoms with Gasteiger partial charge in [-0.1, -0.05) is 0 Å². The standard InChI is InChI=1S/C13H18FN3O.2ClH/c1-9-8-18-5-4-17(9)13-11(14)6-10-7-15-3-2-12(10)16-13;;/h2,6,9,11,15H,3-5,7-8H2,1H3;2*1H/t9-,11?;;/m1../s1. The van der Waals surface area contributed by atoms with E-state index in [-0.39, 0.29) is 30.9 Å². The van der Waals surface area contributed by atoms with E-state index in [9.17, 15) is 4.39 Å². The summed E-state index contributed by atoms with van der Waals surface area (Å²) < 4.78 is 19.6. The Kier molecular flexibility index (Phi) is 6.45. The highest BCUT2D eigenvalue weighted by Crippen LogP contribution is 2.24. The zero-order valence-corrected chi connectivity index (χ0v) is 13.0. The SMILES string of the molecule is C[C@@H]1COCCN1C1=NC2=CCNCC2=CC1F.Cl.Cl. The number of hydrogen-bond donors (Lipinski definition) is 1. The second-order valence-corrected chi connectivity index (χ2v) is 4.90. The first-order chi connectivity index (χ1) is 8.75. The van der Waals surface area contributed by atoms with Gasteiger partial charge in [0, 0.05) is 19.6 Å². The van der Waals surface area contributed by atoms with Gasteiger partial charge in [-0.3, -0.25) is 0 Å². The van der Waals surface area contributed by atoms with Gasteiger partial charge in [0.2, 0.25) is 0 Å². The van der Waals surface area contributed by atoms with Gasteiger partial charge in [0.15, 0.2) is 6.17 Å². The molecule has 0 aromatic carbocycles. The van der Waals surface area contributed by atoms with Crippen molar-refractivity contribution in [1.82, 2.24) is 10.2 Å². The molecule has 0 spiro atoms. The van der Waals surface area contributed by atoms with Gasteiger partial charge in [0.1, 0.15) is 5.84 Å². The Morgan fingerprint density at radius 3 is 3.00 bits per heavy atom. The van der Waals surface area contributed by atoms with E-state index < -0.39 is 6.17 Å². The van der Waals surface area contributed by atoms with Crippen molar-refractivity contribution in [2.45, 2.75) is 19.1 Å². The minimum atomic E-state index is -1.10. The van der Waals surface area contributed by atoms with Crippen LogP contribution in [-0.4, -0.2) is 55.8 Å². The third-order valence-electron chi connectivity index (χ3n) is 3.58. The van der Waals surface area contributed by atoms with Crippen molar-refractivity contribution in [3.63, 3.8) is 0 Å². The van der Waals surface area contributed by atoms with Gasteiger partial charge in [0.05, 0.1) is 25.0 Å². The molecule has 7 heteroatoms. The minimum Gasteiger partial charge on any atom is -0.377 e. The van der Waals surface area contributed by atoms with Crippen molar-refractivity contribution in [1.29, 1.82) is 0 Å². The zero-order valence-electron chi connectivity index (χ0n) is 11.3. The number of alkyl halides is 1. The lowest BCUT2D eigenvalue weighted by molar-refractivity contribution is 0.0308. The molecular formula is C13H20Cl2FN3O. The molecule has 1 N–H and O–H groups in total. The molecule has 0 radical (unpaired) electrons. The molecule has 3 heterocycles. The minimum absolute atomic E-state index is 0. The number of halogens is 3. The second-order valence-electron chi connectivity index (χ2n) is 4.90. The first-order valence-electron chi connectivity index (χ1n) is 6.44. The first-order valence-corrected chi connectivity index (χ1v) is 6.44. The first kappa shape index (κ1) is 17.4. The van der Waals surface area contributed by atoms with E-state index in [4.69, 9.17) is 4.74 Å². The lowest BCUT2D eigenvalue weighted by Gasteiger charge is -2.38. The topological polar surface area (TPSA) is 36.9 Å². The molecule has 0 aliphatic carbocycles. The van der Waals surface area contributed by atoms with E-state index in [1.165, 1.54) is 0 Å². The molecule has 1 unspecified atom stereocenters. The summed E-state index contributed by atoms with van der Waals surface area (Å²) in [6.07, 6.45) is 2.60. The predicted molar refractivity (Wildman–Crippen MR) is 82.8 cm³/mol. The quantitative estimate of drug-likeness (QED) is 0.737. The number of aliphatic imine (C=N–C) groups is 1. The molecule has 4 nitrogen and oxygen atoms in total. The summed E-state index contributed by atoms with van der Waals surface area (Å²) in [7, 11) is 0. The van der Waals surface area contributed by atoms with Crippen molar-refractivity contribution in [3.8, 4) is 0 Å². The fraction of sp³-hybridized carbons (Fsp3) is 0.615. The van der Waals surface area contributed by atoms with E-state index >= 15 is 0 Å². The van der Waals surface area contributed by atoms with Gasteiger partial charge in [-0.2, -0.15) is 0 Å².